The average Bonchev–Trinajstić information content (AvgIpc) is 2.96. The lowest BCUT2D eigenvalue weighted by atomic mass is 10.0. The van der Waals surface area contributed by atoms with Crippen molar-refractivity contribution in [1.29, 1.82) is 0 Å². The van der Waals surface area contributed by atoms with Crippen molar-refractivity contribution in [2.24, 2.45) is 0 Å². The van der Waals surface area contributed by atoms with Crippen molar-refractivity contribution < 1.29 is 9.13 Å². The van der Waals surface area contributed by atoms with Crippen molar-refractivity contribution in [3.63, 3.8) is 0 Å². The number of thiophene rings is 1. The Bertz CT molecular complexity index is 643. The monoisotopic (exact) mass is 340 g/mol. The van der Waals surface area contributed by atoms with Crippen LogP contribution in [0.5, 0.6) is 5.75 Å². The van der Waals surface area contributed by atoms with Gasteiger partial charge in [0.2, 0.25) is 0 Å². The lowest BCUT2D eigenvalue weighted by Crippen LogP contribution is -2.45. The third-order valence-electron chi connectivity index (χ3n) is 3.88. The average molecular weight is 341 g/mol. The summed E-state index contributed by atoms with van der Waals surface area (Å²) in [6.07, 6.45) is 0. The minimum atomic E-state index is -0.243. The Kier molecular flexibility index (Phi) is 4.98. The van der Waals surface area contributed by atoms with E-state index in [9.17, 15) is 4.39 Å². The summed E-state index contributed by atoms with van der Waals surface area (Å²) in [6, 6.07) is 8.82. The second kappa shape index (κ2) is 6.96. The molecule has 3 nitrogen and oxygen atoms in total. The smallest absolute Gasteiger partial charge is 0.132 e. The molecule has 1 aromatic heterocycles. The van der Waals surface area contributed by atoms with E-state index < -0.39 is 0 Å². The van der Waals surface area contributed by atoms with Crippen LogP contribution in [-0.4, -0.2) is 38.2 Å². The van der Waals surface area contributed by atoms with Crippen LogP contribution in [0.15, 0.2) is 30.3 Å². The molecule has 0 amide bonds. The normalized spacial score (nSPS) is 17.4. The Morgan fingerprint density at radius 3 is 2.64 bits per heavy atom. The molecule has 1 N–H and O–H groups in total. The van der Waals surface area contributed by atoms with Gasteiger partial charge in [0.15, 0.2) is 0 Å². The predicted molar refractivity (Wildman–Crippen MR) is 88.6 cm³/mol. The summed E-state index contributed by atoms with van der Waals surface area (Å²) >= 11 is 7.60. The van der Waals surface area contributed by atoms with E-state index in [0.717, 1.165) is 35.4 Å². The molecule has 1 atom stereocenters. The predicted octanol–water partition coefficient (Wildman–Crippen LogP) is 3.54. The van der Waals surface area contributed by atoms with Crippen molar-refractivity contribution in [2.45, 2.75) is 6.04 Å². The number of halogens is 2. The number of rotatable bonds is 4. The van der Waals surface area contributed by atoms with Crippen LogP contribution in [0.4, 0.5) is 4.39 Å². The SMILES string of the molecule is COc1ccc([C@@H](c2ccc(Cl)s2)N2CCNCC2)c(F)c1. The van der Waals surface area contributed by atoms with E-state index in [-0.39, 0.29) is 11.9 Å². The van der Waals surface area contributed by atoms with Gasteiger partial charge in [-0.15, -0.1) is 11.3 Å². The second-order valence-electron chi connectivity index (χ2n) is 5.22. The lowest BCUT2D eigenvalue weighted by Gasteiger charge is -2.35. The maximum Gasteiger partial charge on any atom is 0.132 e. The molecule has 22 heavy (non-hydrogen) atoms. The highest BCUT2D eigenvalue weighted by Gasteiger charge is 2.27. The van der Waals surface area contributed by atoms with Gasteiger partial charge in [-0.2, -0.15) is 0 Å². The molecule has 1 aliphatic rings. The highest BCUT2D eigenvalue weighted by molar-refractivity contribution is 7.16. The van der Waals surface area contributed by atoms with E-state index in [4.69, 9.17) is 16.3 Å². The molecular weight excluding hydrogens is 323 g/mol. The van der Waals surface area contributed by atoms with Crippen LogP contribution in [0, 0.1) is 5.82 Å². The first-order valence-electron chi connectivity index (χ1n) is 7.22. The zero-order valence-corrected chi connectivity index (χ0v) is 13.9. The molecular formula is C16H18ClFN2OS. The van der Waals surface area contributed by atoms with Gasteiger partial charge in [-0.3, -0.25) is 4.90 Å². The van der Waals surface area contributed by atoms with Crippen LogP contribution in [-0.2, 0) is 0 Å². The van der Waals surface area contributed by atoms with Gasteiger partial charge in [-0.05, 0) is 18.2 Å². The summed E-state index contributed by atoms with van der Waals surface area (Å²) in [6.45, 7) is 3.58. The fourth-order valence-corrected chi connectivity index (χ4v) is 4.02. The highest BCUT2D eigenvalue weighted by atomic mass is 35.5. The van der Waals surface area contributed by atoms with Gasteiger partial charge in [0, 0.05) is 42.7 Å². The zero-order valence-electron chi connectivity index (χ0n) is 12.3. The molecule has 0 bridgehead atoms. The highest BCUT2D eigenvalue weighted by Crippen LogP contribution is 2.37. The summed E-state index contributed by atoms with van der Waals surface area (Å²) in [4.78, 5) is 3.36. The number of piperazine rings is 1. The third-order valence-corrected chi connectivity index (χ3v) is 5.17. The Morgan fingerprint density at radius 1 is 1.27 bits per heavy atom. The van der Waals surface area contributed by atoms with E-state index in [1.807, 2.05) is 24.3 Å². The first-order valence-corrected chi connectivity index (χ1v) is 8.42. The minimum absolute atomic E-state index is 0.106. The number of nitrogens with zero attached hydrogens (tertiary/aromatic N) is 1. The molecule has 0 saturated carbocycles. The first kappa shape index (κ1) is 15.7. The van der Waals surface area contributed by atoms with Gasteiger partial charge >= 0.3 is 0 Å². The van der Waals surface area contributed by atoms with Gasteiger partial charge in [0.05, 0.1) is 17.5 Å². The fraction of sp³-hybridized carbons (Fsp3) is 0.375. The molecule has 0 radical (unpaired) electrons. The Hall–Kier alpha value is -1.14. The summed E-state index contributed by atoms with van der Waals surface area (Å²) in [5.41, 5.74) is 0.668. The largest absolute Gasteiger partial charge is 0.497 e. The summed E-state index contributed by atoms with van der Waals surface area (Å²) < 4.78 is 20.4. The zero-order chi connectivity index (χ0) is 15.5. The molecule has 2 aromatic rings. The van der Waals surface area contributed by atoms with Crippen LogP contribution in [0.1, 0.15) is 16.5 Å². The fourth-order valence-electron chi connectivity index (χ4n) is 2.80. The van der Waals surface area contributed by atoms with Crippen molar-refractivity contribution in [1.82, 2.24) is 10.2 Å². The van der Waals surface area contributed by atoms with Gasteiger partial charge in [-0.25, -0.2) is 4.39 Å². The van der Waals surface area contributed by atoms with Crippen LogP contribution in [0.2, 0.25) is 4.34 Å². The number of methoxy groups -OCH3 is 1. The molecule has 1 aromatic carbocycles. The number of ether oxygens (including phenoxy) is 1. The Balaban J connectivity index is 2.00. The maximum absolute atomic E-state index is 14.6. The molecule has 1 aliphatic heterocycles. The molecule has 0 spiro atoms. The Labute approximate surface area is 138 Å². The van der Waals surface area contributed by atoms with Gasteiger partial charge < -0.3 is 10.1 Å². The number of benzene rings is 1. The summed E-state index contributed by atoms with van der Waals surface area (Å²) in [5.74, 6) is 0.289. The molecule has 1 saturated heterocycles. The standard InChI is InChI=1S/C16H18ClFN2OS/c1-21-11-2-3-12(13(18)10-11)16(14-4-5-15(17)22-14)20-8-6-19-7-9-20/h2-5,10,16,19H,6-9H2,1H3/t16-/m0/s1. The summed E-state index contributed by atoms with van der Waals surface area (Å²) in [5, 5.41) is 3.33. The third kappa shape index (κ3) is 3.27. The van der Waals surface area contributed by atoms with E-state index in [1.165, 1.54) is 17.4 Å². The van der Waals surface area contributed by atoms with E-state index in [0.29, 0.717) is 11.3 Å². The summed E-state index contributed by atoms with van der Waals surface area (Å²) in [7, 11) is 1.54. The van der Waals surface area contributed by atoms with Crippen molar-refractivity contribution in [3.05, 3.63) is 50.9 Å². The Morgan fingerprint density at radius 2 is 2.05 bits per heavy atom. The topological polar surface area (TPSA) is 24.5 Å². The van der Waals surface area contributed by atoms with Crippen LogP contribution in [0.25, 0.3) is 0 Å². The van der Waals surface area contributed by atoms with Crippen molar-refractivity contribution in [2.75, 3.05) is 33.3 Å². The van der Waals surface area contributed by atoms with Gasteiger partial charge in [0.1, 0.15) is 11.6 Å². The molecule has 2 heterocycles. The van der Waals surface area contributed by atoms with Crippen LogP contribution < -0.4 is 10.1 Å². The van der Waals surface area contributed by atoms with Crippen LogP contribution in [0.3, 0.4) is 0 Å². The van der Waals surface area contributed by atoms with E-state index in [2.05, 4.69) is 10.2 Å². The minimum Gasteiger partial charge on any atom is -0.497 e. The number of hydrogen-bond donors (Lipinski definition) is 1. The maximum atomic E-state index is 14.6. The van der Waals surface area contributed by atoms with Gasteiger partial charge in [-0.1, -0.05) is 17.7 Å². The van der Waals surface area contributed by atoms with E-state index >= 15 is 0 Å². The van der Waals surface area contributed by atoms with Crippen molar-refractivity contribution >= 4 is 22.9 Å². The van der Waals surface area contributed by atoms with Crippen molar-refractivity contribution in [3.8, 4) is 5.75 Å². The molecule has 3 rings (SSSR count). The first-order chi connectivity index (χ1) is 10.7. The lowest BCUT2D eigenvalue weighted by molar-refractivity contribution is 0.197. The number of nitrogens with one attached hydrogen (secondary N) is 1. The van der Waals surface area contributed by atoms with Crippen LogP contribution >= 0.6 is 22.9 Å². The van der Waals surface area contributed by atoms with E-state index in [1.54, 1.807) is 7.11 Å². The molecule has 1 fully saturated rings. The molecule has 6 heteroatoms. The van der Waals surface area contributed by atoms with Gasteiger partial charge in [0.25, 0.3) is 0 Å². The molecule has 118 valence electrons. The quantitative estimate of drug-likeness (QED) is 0.921. The molecule has 0 unspecified atom stereocenters. The number of hydrogen-bond acceptors (Lipinski definition) is 4. The second-order valence-corrected chi connectivity index (χ2v) is 6.96. The molecule has 0 aliphatic carbocycles.